The monoisotopic (exact) mass is 359 g/mol. The molecule has 6 rings (SSSR count). The number of amides is 2. The number of carbonyl (C=O) groups is 2. The molecule has 5 heteroatoms. The van der Waals surface area contributed by atoms with Crippen molar-refractivity contribution < 1.29 is 9.59 Å². The Morgan fingerprint density at radius 3 is 2.19 bits per heavy atom. The molecule has 0 aromatic rings. The number of hydrogen-bond acceptors (Lipinski definition) is 3. The van der Waals surface area contributed by atoms with Gasteiger partial charge < -0.3 is 16.0 Å². The molecule has 6 aliphatic rings. The van der Waals surface area contributed by atoms with E-state index in [-0.39, 0.29) is 23.4 Å². The molecule has 2 amide bonds. The molecule has 5 saturated carbocycles. The van der Waals surface area contributed by atoms with Gasteiger partial charge in [-0.2, -0.15) is 0 Å². The highest BCUT2D eigenvalue weighted by atomic mass is 16.2. The lowest BCUT2D eigenvalue weighted by Gasteiger charge is -2.56. The molecule has 2 unspecified atom stereocenters. The predicted molar refractivity (Wildman–Crippen MR) is 99.0 cm³/mol. The average molecular weight is 360 g/mol. The molecule has 2 atom stereocenters. The zero-order valence-corrected chi connectivity index (χ0v) is 15.8. The molecule has 0 spiro atoms. The van der Waals surface area contributed by atoms with Crippen molar-refractivity contribution in [1.29, 1.82) is 0 Å². The second-order valence-corrected chi connectivity index (χ2v) is 10.0. The summed E-state index contributed by atoms with van der Waals surface area (Å²) in [6.45, 7) is 1.27. The van der Waals surface area contributed by atoms with E-state index in [1.165, 1.54) is 32.1 Å². The number of likely N-dealkylation sites (tertiary alicyclic amines) is 1. The Kier molecular flexibility index (Phi) is 4.07. The summed E-state index contributed by atoms with van der Waals surface area (Å²) in [6.07, 6.45) is 11.4. The summed E-state index contributed by atoms with van der Waals surface area (Å²) < 4.78 is 0. The van der Waals surface area contributed by atoms with Crippen molar-refractivity contribution in [2.45, 2.75) is 76.3 Å². The Bertz CT molecular complexity index is 565. The van der Waals surface area contributed by atoms with E-state index < -0.39 is 0 Å². The molecule has 1 saturated heterocycles. The first-order valence-corrected chi connectivity index (χ1v) is 10.9. The maximum absolute atomic E-state index is 13.6. The highest BCUT2D eigenvalue weighted by Gasteiger charge is 2.56. The third kappa shape index (κ3) is 2.78. The Labute approximate surface area is 156 Å². The number of carbonyl (C=O) groups excluding carboxylic acids is 2. The zero-order chi connectivity index (χ0) is 17.9. The van der Waals surface area contributed by atoms with Crippen molar-refractivity contribution in [3.05, 3.63) is 0 Å². The maximum atomic E-state index is 13.6. The van der Waals surface area contributed by atoms with E-state index in [0.717, 1.165) is 56.4 Å². The van der Waals surface area contributed by atoms with Gasteiger partial charge in [0.05, 0.1) is 5.41 Å². The molecule has 26 heavy (non-hydrogen) atoms. The Morgan fingerprint density at radius 2 is 1.65 bits per heavy atom. The van der Waals surface area contributed by atoms with Crippen molar-refractivity contribution in [2.24, 2.45) is 34.8 Å². The van der Waals surface area contributed by atoms with Gasteiger partial charge in [0, 0.05) is 19.1 Å². The van der Waals surface area contributed by atoms with Crippen LogP contribution in [-0.2, 0) is 9.59 Å². The lowest BCUT2D eigenvalue weighted by Crippen LogP contribution is -2.58. The van der Waals surface area contributed by atoms with Crippen LogP contribution in [0.1, 0.15) is 64.2 Å². The quantitative estimate of drug-likeness (QED) is 0.789. The van der Waals surface area contributed by atoms with Gasteiger partial charge in [0.1, 0.15) is 6.04 Å². The number of nitrogens with two attached hydrogens (primary N) is 1. The molecule has 1 aliphatic heterocycles. The summed E-state index contributed by atoms with van der Waals surface area (Å²) in [5, 5.41) is 3.17. The van der Waals surface area contributed by atoms with Crippen LogP contribution >= 0.6 is 0 Å². The largest absolute Gasteiger partial charge is 0.350 e. The van der Waals surface area contributed by atoms with Gasteiger partial charge in [-0.15, -0.1) is 0 Å². The van der Waals surface area contributed by atoms with Crippen LogP contribution in [0, 0.1) is 29.1 Å². The summed E-state index contributed by atoms with van der Waals surface area (Å²) in [5.74, 6) is 3.19. The molecule has 0 aromatic carbocycles. The molecule has 5 aliphatic carbocycles. The van der Waals surface area contributed by atoms with Crippen LogP contribution < -0.4 is 11.1 Å². The molecular weight excluding hydrogens is 326 g/mol. The van der Waals surface area contributed by atoms with Crippen LogP contribution in [0.15, 0.2) is 0 Å². The fraction of sp³-hybridized carbons (Fsp3) is 0.905. The average Bonchev–Trinajstić information content (AvgIpc) is 3.33. The summed E-state index contributed by atoms with van der Waals surface area (Å²) >= 11 is 0. The minimum atomic E-state index is -0.261. The predicted octanol–water partition coefficient (Wildman–Crippen LogP) is 2.05. The van der Waals surface area contributed by atoms with Gasteiger partial charge in [-0.25, -0.2) is 0 Å². The summed E-state index contributed by atoms with van der Waals surface area (Å²) in [4.78, 5) is 28.5. The maximum Gasteiger partial charge on any atom is 0.243 e. The first-order valence-electron chi connectivity index (χ1n) is 10.9. The minimum absolute atomic E-state index is 0.0444. The first kappa shape index (κ1) is 17.0. The zero-order valence-electron chi connectivity index (χ0n) is 15.8. The fourth-order valence-corrected chi connectivity index (χ4v) is 7.11. The van der Waals surface area contributed by atoms with Gasteiger partial charge in [-0.3, -0.25) is 9.59 Å². The lowest BCUT2D eigenvalue weighted by atomic mass is 9.49. The molecule has 0 aromatic heterocycles. The Balaban J connectivity index is 1.31. The van der Waals surface area contributed by atoms with E-state index in [2.05, 4.69) is 5.32 Å². The van der Waals surface area contributed by atoms with Crippen molar-refractivity contribution in [3.8, 4) is 0 Å². The molecule has 3 N–H and O–H groups in total. The second kappa shape index (κ2) is 6.22. The first-order chi connectivity index (χ1) is 12.6. The second-order valence-electron chi connectivity index (χ2n) is 10.0. The van der Waals surface area contributed by atoms with E-state index >= 15 is 0 Å². The van der Waals surface area contributed by atoms with Gasteiger partial charge in [0.2, 0.25) is 11.8 Å². The smallest absolute Gasteiger partial charge is 0.243 e. The highest BCUT2D eigenvalue weighted by molar-refractivity contribution is 5.91. The van der Waals surface area contributed by atoms with Crippen LogP contribution in [0.2, 0.25) is 0 Å². The third-order valence-electron chi connectivity index (χ3n) is 8.08. The van der Waals surface area contributed by atoms with Gasteiger partial charge in [-0.1, -0.05) is 0 Å². The summed E-state index contributed by atoms with van der Waals surface area (Å²) in [6, 6.07) is -0.164. The SMILES string of the molecule is NCC(NC(=O)C1CCCN1C(=O)C12CC3CC(CC(C3)C1)C2)C1CC1. The van der Waals surface area contributed by atoms with Crippen LogP contribution in [0.25, 0.3) is 0 Å². The standard InChI is InChI=1S/C21H33N3O2/c22-12-17(16-3-4-16)23-19(25)18-2-1-5-24(18)20(26)21-9-13-6-14(10-21)8-15(7-13)11-21/h13-18H,1-12,22H2,(H,23,25). The van der Waals surface area contributed by atoms with Gasteiger partial charge in [0.15, 0.2) is 0 Å². The molecule has 6 fully saturated rings. The molecule has 144 valence electrons. The van der Waals surface area contributed by atoms with E-state index in [4.69, 9.17) is 5.73 Å². The van der Waals surface area contributed by atoms with Crippen LogP contribution in [-0.4, -0.2) is 41.9 Å². The normalized spacial score (nSPS) is 42.1. The van der Waals surface area contributed by atoms with E-state index in [0.29, 0.717) is 18.4 Å². The minimum Gasteiger partial charge on any atom is -0.350 e. The van der Waals surface area contributed by atoms with Crippen molar-refractivity contribution >= 4 is 11.8 Å². The number of nitrogens with zero attached hydrogens (tertiary/aromatic N) is 1. The molecule has 4 bridgehead atoms. The summed E-state index contributed by atoms with van der Waals surface area (Å²) in [7, 11) is 0. The summed E-state index contributed by atoms with van der Waals surface area (Å²) in [5.41, 5.74) is 5.72. The number of rotatable bonds is 5. The van der Waals surface area contributed by atoms with Crippen molar-refractivity contribution in [2.75, 3.05) is 13.1 Å². The number of nitrogens with one attached hydrogen (secondary N) is 1. The topological polar surface area (TPSA) is 75.4 Å². The van der Waals surface area contributed by atoms with E-state index in [1.54, 1.807) is 0 Å². The van der Waals surface area contributed by atoms with Crippen molar-refractivity contribution in [3.63, 3.8) is 0 Å². The molecule has 0 radical (unpaired) electrons. The van der Waals surface area contributed by atoms with Crippen molar-refractivity contribution in [1.82, 2.24) is 10.2 Å². The van der Waals surface area contributed by atoms with Gasteiger partial charge in [-0.05, 0) is 87.9 Å². The van der Waals surface area contributed by atoms with Crippen LogP contribution in [0.4, 0.5) is 0 Å². The van der Waals surface area contributed by atoms with Gasteiger partial charge >= 0.3 is 0 Å². The van der Waals surface area contributed by atoms with E-state index in [9.17, 15) is 9.59 Å². The van der Waals surface area contributed by atoms with Gasteiger partial charge in [0.25, 0.3) is 0 Å². The molecule has 5 nitrogen and oxygen atoms in total. The highest BCUT2D eigenvalue weighted by Crippen LogP contribution is 2.60. The fourth-order valence-electron chi connectivity index (χ4n) is 7.11. The third-order valence-corrected chi connectivity index (χ3v) is 8.08. The van der Waals surface area contributed by atoms with Crippen LogP contribution in [0.5, 0.6) is 0 Å². The van der Waals surface area contributed by atoms with E-state index in [1.807, 2.05) is 4.90 Å². The Hall–Kier alpha value is -1.10. The lowest BCUT2D eigenvalue weighted by molar-refractivity contribution is -0.160. The number of hydrogen-bond donors (Lipinski definition) is 2. The molecular formula is C21H33N3O2. The molecule has 1 heterocycles. The Morgan fingerprint density at radius 1 is 1.04 bits per heavy atom. The van der Waals surface area contributed by atoms with Crippen LogP contribution in [0.3, 0.4) is 0 Å².